The Hall–Kier alpha value is -0.610. The number of hydrogen-bond acceptors (Lipinski definition) is 4. The van der Waals surface area contributed by atoms with Crippen molar-refractivity contribution in [3.63, 3.8) is 0 Å². The summed E-state index contributed by atoms with van der Waals surface area (Å²) in [7, 11) is 2.01. The first-order valence-electron chi connectivity index (χ1n) is 7.94. The fourth-order valence-electron chi connectivity index (χ4n) is 1.72. The lowest BCUT2D eigenvalue weighted by Gasteiger charge is -2.02. The van der Waals surface area contributed by atoms with E-state index in [0.29, 0.717) is 0 Å². The first-order valence-corrected chi connectivity index (χ1v) is 8.99. The molecular formula is C16H33N3S. The van der Waals surface area contributed by atoms with Gasteiger partial charge < -0.3 is 16.0 Å². The average Bonchev–Trinajstić information content (AvgIpc) is 2.47. The van der Waals surface area contributed by atoms with Gasteiger partial charge in [0.2, 0.25) is 0 Å². The zero-order chi connectivity index (χ0) is 14.7. The summed E-state index contributed by atoms with van der Waals surface area (Å²) in [5.74, 6) is 1.15. The van der Waals surface area contributed by atoms with Gasteiger partial charge in [0.15, 0.2) is 0 Å². The number of allylic oxidation sites excluding steroid dienone is 1. The van der Waals surface area contributed by atoms with Crippen molar-refractivity contribution in [3.05, 3.63) is 23.9 Å². The molecule has 0 radical (unpaired) electrons. The molecule has 0 spiro atoms. The Morgan fingerprint density at radius 3 is 2.25 bits per heavy atom. The molecule has 20 heavy (non-hydrogen) atoms. The quantitative estimate of drug-likeness (QED) is 0.405. The van der Waals surface area contributed by atoms with Crippen molar-refractivity contribution in [2.45, 2.75) is 45.4 Å². The van der Waals surface area contributed by atoms with Gasteiger partial charge in [0.25, 0.3) is 0 Å². The SMILES string of the molecule is CCSC=CNCCCCCNC=CCCCCNC. The van der Waals surface area contributed by atoms with E-state index in [1.165, 1.54) is 38.5 Å². The lowest BCUT2D eigenvalue weighted by atomic mass is 10.2. The van der Waals surface area contributed by atoms with Crippen LogP contribution in [0.5, 0.6) is 0 Å². The monoisotopic (exact) mass is 299 g/mol. The molecule has 0 aromatic carbocycles. The highest BCUT2D eigenvalue weighted by atomic mass is 32.2. The Morgan fingerprint density at radius 1 is 0.850 bits per heavy atom. The van der Waals surface area contributed by atoms with Crippen molar-refractivity contribution < 1.29 is 0 Å². The van der Waals surface area contributed by atoms with Gasteiger partial charge in [0.05, 0.1) is 0 Å². The molecule has 0 rings (SSSR count). The maximum atomic E-state index is 3.36. The fourth-order valence-corrected chi connectivity index (χ4v) is 2.11. The standard InChI is InChI=1S/C16H33N3S/c1-3-20-16-15-19-14-10-6-9-13-18-12-8-5-4-7-11-17-2/h8,12,15-19H,3-7,9-11,13-14H2,1-2H3. The summed E-state index contributed by atoms with van der Waals surface area (Å²) in [6, 6.07) is 0. The molecule has 0 aliphatic carbocycles. The molecule has 0 aromatic heterocycles. The molecule has 0 atom stereocenters. The van der Waals surface area contributed by atoms with E-state index in [1.54, 1.807) is 0 Å². The minimum Gasteiger partial charge on any atom is -0.391 e. The summed E-state index contributed by atoms with van der Waals surface area (Å²) in [6.07, 6.45) is 13.9. The second kappa shape index (κ2) is 18.4. The van der Waals surface area contributed by atoms with E-state index in [2.05, 4.69) is 46.8 Å². The molecule has 0 unspecified atom stereocenters. The van der Waals surface area contributed by atoms with E-state index in [-0.39, 0.29) is 0 Å². The molecular weight excluding hydrogens is 266 g/mol. The van der Waals surface area contributed by atoms with Crippen LogP contribution in [0.25, 0.3) is 0 Å². The molecule has 0 aromatic rings. The van der Waals surface area contributed by atoms with Gasteiger partial charge in [-0.1, -0.05) is 13.0 Å². The van der Waals surface area contributed by atoms with Gasteiger partial charge >= 0.3 is 0 Å². The number of rotatable bonds is 15. The Labute approximate surface area is 130 Å². The van der Waals surface area contributed by atoms with Gasteiger partial charge in [0, 0.05) is 19.3 Å². The molecule has 0 aliphatic heterocycles. The maximum absolute atomic E-state index is 3.36. The smallest absolute Gasteiger partial charge is 0.0141 e. The highest BCUT2D eigenvalue weighted by Gasteiger charge is 1.87. The van der Waals surface area contributed by atoms with Gasteiger partial charge in [0.1, 0.15) is 0 Å². The van der Waals surface area contributed by atoms with Crippen molar-refractivity contribution in [1.29, 1.82) is 0 Å². The number of nitrogens with one attached hydrogen (secondary N) is 3. The predicted molar refractivity (Wildman–Crippen MR) is 94.0 cm³/mol. The van der Waals surface area contributed by atoms with Crippen molar-refractivity contribution in [2.24, 2.45) is 0 Å². The molecule has 0 saturated heterocycles. The van der Waals surface area contributed by atoms with Gasteiger partial charge in [-0.15, -0.1) is 11.8 Å². The Morgan fingerprint density at radius 2 is 1.55 bits per heavy atom. The first-order chi connectivity index (χ1) is 9.91. The largest absolute Gasteiger partial charge is 0.391 e. The molecule has 4 heteroatoms. The third-order valence-electron chi connectivity index (χ3n) is 2.87. The van der Waals surface area contributed by atoms with E-state index < -0.39 is 0 Å². The van der Waals surface area contributed by atoms with Crippen molar-refractivity contribution in [2.75, 3.05) is 32.4 Å². The number of hydrogen-bond donors (Lipinski definition) is 3. The van der Waals surface area contributed by atoms with E-state index in [1.807, 2.05) is 18.8 Å². The minimum atomic E-state index is 1.09. The van der Waals surface area contributed by atoms with Crippen LogP contribution in [0.1, 0.15) is 45.4 Å². The second-order valence-electron chi connectivity index (χ2n) is 4.73. The van der Waals surface area contributed by atoms with Gasteiger partial charge in [-0.3, -0.25) is 0 Å². The number of thioether (sulfide) groups is 1. The summed E-state index contributed by atoms with van der Waals surface area (Å²) in [5.41, 5.74) is 0. The third kappa shape index (κ3) is 17.4. The van der Waals surface area contributed by atoms with Crippen LogP contribution in [0.4, 0.5) is 0 Å². The molecule has 0 heterocycles. The fraction of sp³-hybridized carbons (Fsp3) is 0.750. The first kappa shape index (κ1) is 19.4. The van der Waals surface area contributed by atoms with Gasteiger partial charge in [-0.2, -0.15) is 0 Å². The highest BCUT2D eigenvalue weighted by molar-refractivity contribution is 8.02. The summed E-state index contributed by atoms with van der Waals surface area (Å²) < 4.78 is 0. The Bertz CT molecular complexity index is 230. The van der Waals surface area contributed by atoms with E-state index >= 15 is 0 Å². The van der Waals surface area contributed by atoms with Crippen LogP contribution in [0, 0.1) is 0 Å². The normalized spacial score (nSPS) is 11.5. The Balaban J connectivity index is 3.07. The van der Waals surface area contributed by atoms with Crippen LogP contribution >= 0.6 is 11.8 Å². The van der Waals surface area contributed by atoms with Crippen LogP contribution in [-0.2, 0) is 0 Å². The molecule has 0 amide bonds. The van der Waals surface area contributed by atoms with E-state index in [0.717, 1.165) is 25.4 Å². The average molecular weight is 300 g/mol. The molecule has 0 bridgehead atoms. The zero-order valence-corrected chi connectivity index (χ0v) is 14.1. The lowest BCUT2D eigenvalue weighted by Crippen LogP contribution is -2.09. The highest BCUT2D eigenvalue weighted by Crippen LogP contribution is 1.98. The maximum Gasteiger partial charge on any atom is 0.0141 e. The van der Waals surface area contributed by atoms with Crippen molar-refractivity contribution in [3.8, 4) is 0 Å². The van der Waals surface area contributed by atoms with Crippen LogP contribution in [-0.4, -0.2) is 32.4 Å². The topological polar surface area (TPSA) is 36.1 Å². The van der Waals surface area contributed by atoms with Crippen LogP contribution in [0.2, 0.25) is 0 Å². The molecule has 3 N–H and O–H groups in total. The summed E-state index contributed by atoms with van der Waals surface area (Å²) in [4.78, 5) is 0. The lowest BCUT2D eigenvalue weighted by molar-refractivity contribution is 0.636. The minimum absolute atomic E-state index is 1.09. The van der Waals surface area contributed by atoms with Gasteiger partial charge in [-0.25, -0.2) is 0 Å². The Kier molecular flexibility index (Phi) is 17.8. The van der Waals surface area contributed by atoms with Crippen LogP contribution in [0.15, 0.2) is 23.9 Å². The molecule has 0 fully saturated rings. The summed E-state index contributed by atoms with van der Waals surface area (Å²) >= 11 is 1.83. The third-order valence-corrected chi connectivity index (χ3v) is 3.54. The van der Waals surface area contributed by atoms with E-state index in [4.69, 9.17) is 0 Å². The molecule has 0 saturated carbocycles. The predicted octanol–water partition coefficient (Wildman–Crippen LogP) is 3.46. The van der Waals surface area contributed by atoms with Crippen molar-refractivity contribution in [1.82, 2.24) is 16.0 Å². The molecule has 3 nitrogen and oxygen atoms in total. The molecule has 118 valence electrons. The molecule has 0 aliphatic rings. The summed E-state index contributed by atoms with van der Waals surface area (Å²) in [5, 5.41) is 12.0. The van der Waals surface area contributed by atoms with Crippen molar-refractivity contribution >= 4 is 11.8 Å². The zero-order valence-electron chi connectivity index (χ0n) is 13.3. The summed E-state index contributed by atoms with van der Waals surface area (Å²) in [6.45, 7) is 5.47. The van der Waals surface area contributed by atoms with Crippen LogP contribution < -0.4 is 16.0 Å². The van der Waals surface area contributed by atoms with Gasteiger partial charge in [-0.05, 0) is 69.5 Å². The number of unbranched alkanes of at least 4 members (excludes halogenated alkanes) is 4. The van der Waals surface area contributed by atoms with Crippen LogP contribution in [0.3, 0.4) is 0 Å². The van der Waals surface area contributed by atoms with E-state index in [9.17, 15) is 0 Å². The second-order valence-corrected chi connectivity index (χ2v) is 5.91.